The highest BCUT2D eigenvalue weighted by molar-refractivity contribution is 4.91. The van der Waals surface area contributed by atoms with E-state index >= 15 is 0 Å². The van der Waals surface area contributed by atoms with Crippen LogP contribution in [0.25, 0.3) is 0 Å². The Kier molecular flexibility index (Phi) is 9.54. The van der Waals surface area contributed by atoms with Gasteiger partial charge in [0.05, 0.1) is 6.61 Å². The number of nitrogens with zero attached hydrogens (tertiary/aromatic N) is 1. The molecule has 0 heterocycles. The van der Waals surface area contributed by atoms with E-state index in [-0.39, 0.29) is 0 Å². The van der Waals surface area contributed by atoms with Gasteiger partial charge in [0.1, 0.15) is 0 Å². The molecule has 0 rings (SSSR count). The first-order valence-electron chi connectivity index (χ1n) is 5.89. The van der Waals surface area contributed by atoms with E-state index in [1.807, 2.05) is 11.1 Å². The third kappa shape index (κ3) is 8.40. The molecule has 0 aromatic heterocycles. The first-order valence-corrected chi connectivity index (χ1v) is 5.89. The van der Waals surface area contributed by atoms with E-state index in [4.69, 9.17) is 4.84 Å². The molecule has 0 N–H and O–H groups in total. The molecule has 0 spiro atoms. The second-order valence-electron chi connectivity index (χ2n) is 3.74. The Morgan fingerprint density at radius 2 is 2.13 bits per heavy atom. The van der Waals surface area contributed by atoms with Crippen LogP contribution in [-0.4, -0.2) is 24.8 Å². The Morgan fingerprint density at radius 3 is 2.67 bits per heavy atom. The van der Waals surface area contributed by atoms with Crippen LogP contribution in [0.5, 0.6) is 0 Å². The van der Waals surface area contributed by atoms with Crippen molar-refractivity contribution in [3.05, 3.63) is 24.8 Å². The van der Waals surface area contributed by atoms with Crippen LogP contribution in [0.2, 0.25) is 0 Å². The highest BCUT2D eigenvalue weighted by Gasteiger charge is 2.05. The molecule has 0 aliphatic rings. The van der Waals surface area contributed by atoms with Crippen molar-refractivity contribution >= 4 is 0 Å². The second-order valence-corrected chi connectivity index (χ2v) is 3.74. The largest absolute Gasteiger partial charge is 0.299 e. The van der Waals surface area contributed by atoms with Crippen LogP contribution < -0.4 is 0 Å². The Balaban J connectivity index is 3.78. The van der Waals surface area contributed by atoms with Gasteiger partial charge in [-0.1, -0.05) is 39.0 Å². The average Bonchev–Trinajstić information content (AvgIpc) is 2.24. The fraction of sp³-hybridized carbons (Fsp3) is 0.692. The molecule has 0 aliphatic carbocycles. The van der Waals surface area contributed by atoms with Crippen LogP contribution in [0.15, 0.2) is 24.8 Å². The molecule has 0 radical (unpaired) electrons. The van der Waals surface area contributed by atoms with Crippen molar-refractivity contribution < 1.29 is 4.84 Å². The van der Waals surface area contributed by atoms with E-state index in [0.29, 0.717) is 5.92 Å². The number of allylic oxidation sites excluding steroid dienone is 2. The van der Waals surface area contributed by atoms with Gasteiger partial charge in [0.15, 0.2) is 0 Å². The molecule has 0 saturated carbocycles. The van der Waals surface area contributed by atoms with Gasteiger partial charge in [0.25, 0.3) is 0 Å². The smallest absolute Gasteiger partial charge is 0.0682 e. The predicted octanol–water partition coefficient (Wildman–Crippen LogP) is 3.42. The van der Waals surface area contributed by atoms with Crippen LogP contribution in [0.1, 0.15) is 33.6 Å². The maximum Gasteiger partial charge on any atom is 0.0682 e. The predicted molar refractivity (Wildman–Crippen MR) is 66.6 cm³/mol. The fourth-order valence-corrected chi connectivity index (χ4v) is 1.28. The molecule has 0 aliphatic heterocycles. The summed E-state index contributed by atoms with van der Waals surface area (Å²) in [6.07, 6.45) is 8.31. The minimum Gasteiger partial charge on any atom is -0.299 e. The van der Waals surface area contributed by atoms with E-state index in [0.717, 1.165) is 32.5 Å². The Hall–Kier alpha value is -0.600. The van der Waals surface area contributed by atoms with Crippen LogP contribution in [0.4, 0.5) is 0 Å². The van der Waals surface area contributed by atoms with Crippen LogP contribution >= 0.6 is 0 Å². The Bertz CT molecular complexity index is 177. The molecule has 0 fully saturated rings. The lowest BCUT2D eigenvalue weighted by Crippen LogP contribution is -2.28. The summed E-state index contributed by atoms with van der Waals surface area (Å²) in [5.74, 6) is 0.529. The van der Waals surface area contributed by atoms with Gasteiger partial charge in [-0.3, -0.25) is 4.84 Å². The minimum absolute atomic E-state index is 0.529. The zero-order valence-corrected chi connectivity index (χ0v) is 10.4. The average molecular weight is 211 g/mol. The summed E-state index contributed by atoms with van der Waals surface area (Å²) < 4.78 is 0. The normalized spacial score (nSPS) is 13.6. The van der Waals surface area contributed by atoms with E-state index < -0.39 is 0 Å². The second kappa shape index (κ2) is 9.94. The highest BCUT2D eigenvalue weighted by atomic mass is 16.7. The fourth-order valence-electron chi connectivity index (χ4n) is 1.28. The third-order valence-electron chi connectivity index (χ3n) is 2.09. The van der Waals surface area contributed by atoms with Crippen molar-refractivity contribution in [2.45, 2.75) is 33.6 Å². The zero-order valence-electron chi connectivity index (χ0n) is 10.4. The van der Waals surface area contributed by atoms with Crippen LogP contribution in [-0.2, 0) is 4.84 Å². The van der Waals surface area contributed by atoms with Crippen LogP contribution in [0.3, 0.4) is 0 Å². The van der Waals surface area contributed by atoms with Gasteiger partial charge in [-0.15, -0.1) is 6.58 Å². The zero-order chi connectivity index (χ0) is 11.5. The van der Waals surface area contributed by atoms with Crippen molar-refractivity contribution in [2.75, 3.05) is 19.7 Å². The Labute approximate surface area is 94.6 Å². The Morgan fingerprint density at radius 1 is 1.40 bits per heavy atom. The van der Waals surface area contributed by atoms with Crippen LogP contribution in [0, 0.1) is 5.92 Å². The summed E-state index contributed by atoms with van der Waals surface area (Å²) in [5.41, 5.74) is 0. The van der Waals surface area contributed by atoms with Gasteiger partial charge in [0, 0.05) is 13.1 Å². The molecule has 0 saturated heterocycles. The maximum absolute atomic E-state index is 5.60. The van der Waals surface area contributed by atoms with Crippen molar-refractivity contribution in [3.63, 3.8) is 0 Å². The first kappa shape index (κ1) is 14.4. The number of rotatable bonds is 9. The number of hydrogen-bond donors (Lipinski definition) is 0. The van der Waals surface area contributed by atoms with E-state index in [2.05, 4.69) is 39.5 Å². The van der Waals surface area contributed by atoms with Gasteiger partial charge in [0.2, 0.25) is 0 Å². The molecule has 0 aromatic rings. The summed E-state index contributed by atoms with van der Waals surface area (Å²) >= 11 is 0. The molecular weight excluding hydrogens is 186 g/mol. The van der Waals surface area contributed by atoms with E-state index in [1.165, 1.54) is 0 Å². The lowest BCUT2D eigenvalue weighted by atomic mass is 10.1. The standard InChI is InChI=1S/C13H25NO/c1-5-8-9-10-13(4)12-14(7-3)15-11-6-2/h5,9-10,13H,1,6-8,11-12H2,2-4H3/b10-9-. The first-order chi connectivity index (χ1) is 7.24. The molecule has 2 nitrogen and oxygen atoms in total. The molecule has 15 heavy (non-hydrogen) atoms. The van der Waals surface area contributed by atoms with Gasteiger partial charge < -0.3 is 0 Å². The van der Waals surface area contributed by atoms with Crippen molar-refractivity contribution in [3.8, 4) is 0 Å². The highest BCUT2D eigenvalue weighted by Crippen LogP contribution is 2.03. The van der Waals surface area contributed by atoms with Gasteiger partial charge in [-0.25, -0.2) is 0 Å². The quantitative estimate of drug-likeness (QED) is 0.428. The van der Waals surface area contributed by atoms with Gasteiger partial charge in [-0.05, 0) is 18.8 Å². The van der Waals surface area contributed by atoms with E-state index in [9.17, 15) is 0 Å². The summed E-state index contributed by atoms with van der Waals surface area (Å²) in [6, 6.07) is 0. The monoisotopic (exact) mass is 211 g/mol. The molecule has 1 atom stereocenters. The summed E-state index contributed by atoms with van der Waals surface area (Å²) in [4.78, 5) is 5.60. The number of hydrogen-bond acceptors (Lipinski definition) is 2. The lowest BCUT2D eigenvalue weighted by Gasteiger charge is -2.21. The van der Waals surface area contributed by atoms with Crippen molar-refractivity contribution in [1.82, 2.24) is 5.06 Å². The molecule has 88 valence electrons. The summed E-state index contributed by atoms with van der Waals surface area (Å²) in [6.45, 7) is 12.9. The molecule has 0 aromatic carbocycles. The SMILES string of the molecule is C=CC/C=C\C(C)CN(CC)OCCC. The van der Waals surface area contributed by atoms with Gasteiger partial charge in [-0.2, -0.15) is 5.06 Å². The molecule has 2 heteroatoms. The van der Waals surface area contributed by atoms with Crippen molar-refractivity contribution in [2.24, 2.45) is 5.92 Å². The molecule has 1 unspecified atom stereocenters. The maximum atomic E-state index is 5.60. The molecular formula is C13H25NO. The van der Waals surface area contributed by atoms with Gasteiger partial charge >= 0.3 is 0 Å². The molecule has 0 amide bonds. The molecule has 0 bridgehead atoms. The lowest BCUT2D eigenvalue weighted by molar-refractivity contribution is -0.160. The summed E-state index contributed by atoms with van der Waals surface area (Å²) in [7, 11) is 0. The van der Waals surface area contributed by atoms with E-state index in [1.54, 1.807) is 0 Å². The minimum atomic E-state index is 0.529. The topological polar surface area (TPSA) is 12.5 Å². The third-order valence-corrected chi connectivity index (χ3v) is 2.09. The number of hydroxylamine groups is 2. The van der Waals surface area contributed by atoms with Crippen molar-refractivity contribution in [1.29, 1.82) is 0 Å². The summed E-state index contributed by atoms with van der Waals surface area (Å²) in [5, 5.41) is 2.03.